The first-order valence-corrected chi connectivity index (χ1v) is 13.4. The molecule has 0 aliphatic carbocycles. The largest absolute Gasteiger partial charge is 0.356 e. The molecule has 0 atom stereocenters. The first-order chi connectivity index (χ1) is 17.2. The molecule has 0 unspecified atom stereocenters. The molecule has 184 valence electrons. The molecule has 0 aliphatic heterocycles. The van der Waals surface area contributed by atoms with Crippen molar-refractivity contribution in [2.45, 2.75) is 63.6 Å². The van der Waals surface area contributed by atoms with E-state index in [0.717, 1.165) is 59.2 Å². The average molecular weight is 494 g/mol. The first-order valence-electron chi connectivity index (χ1n) is 12.4. The number of carbonyl (C=O) groups is 1. The number of hydrogen-bond donors (Lipinski definition) is 1. The third kappa shape index (κ3) is 6.78. The molecule has 0 aliphatic rings. The van der Waals surface area contributed by atoms with Crippen molar-refractivity contribution in [2.24, 2.45) is 0 Å². The Kier molecular flexibility index (Phi) is 9.06. The Balaban J connectivity index is 1.36. The summed E-state index contributed by atoms with van der Waals surface area (Å²) in [7, 11) is 0. The number of unbranched alkanes of at least 4 members (excludes halogenated alkanes) is 4. The first kappa shape index (κ1) is 25.1. The third-order valence-electron chi connectivity index (χ3n) is 5.99. The van der Waals surface area contributed by atoms with Crippen LogP contribution in [0, 0.1) is 5.82 Å². The monoisotopic (exact) mass is 493 g/mol. The molecule has 2 aromatic carbocycles. The molecule has 8 heteroatoms. The highest BCUT2D eigenvalue weighted by Crippen LogP contribution is 2.28. The average Bonchev–Trinajstić information content (AvgIpc) is 3.18. The van der Waals surface area contributed by atoms with Gasteiger partial charge in [-0.1, -0.05) is 68.3 Å². The van der Waals surface area contributed by atoms with Gasteiger partial charge in [0.1, 0.15) is 11.3 Å². The van der Waals surface area contributed by atoms with Crippen molar-refractivity contribution in [3.8, 4) is 0 Å². The Morgan fingerprint density at radius 1 is 1.00 bits per heavy atom. The van der Waals surface area contributed by atoms with E-state index in [-0.39, 0.29) is 11.7 Å². The van der Waals surface area contributed by atoms with E-state index in [0.29, 0.717) is 18.1 Å². The molecule has 0 spiro atoms. The molecular weight excluding hydrogens is 461 g/mol. The third-order valence-corrected chi connectivity index (χ3v) is 6.91. The Labute approximate surface area is 209 Å². The van der Waals surface area contributed by atoms with Crippen LogP contribution in [0.25, 0.3) is 22.1 Å². The van der Waals surface area contributed by atoms with Gasteiger partial charge in [-0.25, -0.2) is 9.37 Å². The summed E-state index contributed by atoms with van der Waals surface area (Å²) < 4.78 is 15.5. The van der Waals surface area contributed by atoms with Gasteiger partial charge in [-0.05, 0) is 43.0 Å². The molecular formula is C27H32FN5OS. The predicted molar refractivity (Wildman–Crippen MR) is 140 cm³/mol. The van der Waals surface area contributed by atoms with E-state index in [2.05, 4.69) is 27.0 Å². The van der Waals surface area contributed by atoms with Crippen LogP contribution < -0.4 is 5.32 Å². The lowest BCUT2D eigenvalue weighted by molar-refractivity contribution is -0.121. The molecule has 35 heavy (non-hydrogen) atoms. The van der Waals surface area contributed by atoms with E-state index >= 15 is 0 Å². The van der Waals surface area contributed by atoms with E-state index in [1.807, 2.05) is 24.3 Å². The van der Waals surface area contributed by atoms with Crippen molar-refractivity contribution in [1.82, 2.24) is 25.1 Å². The lowest BCUT2D eigenvalue weighted by Gasteiger charge is -2.07. The summed E-state index contributed by atoms with van der Waals surface area (Å²) >= 11 is 1.56. The number of carbonyl (C=O) groups excluding carboxylic acids is 1. The number of thioether (sulfide) groups is 1. The highest BCUT2D eigenvalue weighted by atomic mass is 32.2. The summed E-state index contributed by atoms with van der Waals surface area (Å²) in [5.41, 5.74) is 3.56. The van der Waals surface area contributed by atoms with Crippen molar-refractivity contribution in [1.29, 1.82) is 0 Å². The van der Waals surface area contributed by atoms with Crippen molar-refractivity contribution >= 4 is 39.7 Å². The zero-order valence-corrected chi connectivity index (χ0v) is 21.0. The number of benzene rings is 2. The Morgan fingerprint density at radius 2 is 1.83 bits per heavy atom. The van der Waals surface area contributed by atoms with Crippen molar-refractivity contribution < 1.29 is 9.18 Å². The van der Waals surface area contributed by atoms with Gasteiger partial charge in [0.15, 0.2) is 5.65 Å². The van der Waals surface area contributed by atoms with Gasteiger partial charge >= 0.3 is 0 Å². The van der Waals surface area contributed by atoms with Gasteiger partial charge in [0.05, 0.1) is 5.52 Å². The van der Waals surface area contributed by atoms with E-state index in [1.165, 1.54) is 31.4 Å². The SMILES string of the molecule is CCCCCCNC(=O)CCCCSc1nnc2c3ccccc3n(Cc3ccc(F)cc3)c2n1. The summed E-state index contributed by atoms with van der Waals surface area (Å²) in [5.74, 6) is 0.717. The van der Waals surface area contributed by atoms with Gasteiger partial charge < -0.3 is 9.88 Å². The fraction of sp³-hybridized carbons (Fsp3) is 0.407. The van der Waals surface area contributed by atoms with Crippen molar-refractivity contribution in [3.05, 3.63) is 59.9 Å². The van der Waals surface area contributed by atoms with Gasteiger partial charge in [0, 0.05) is 30.6 Å². The molecule has 0 saturated heterocycles. The number of halogens is 1. The normalized spacial score (nSPS) is 11.4. The van der Waals surface area contributed by atoms with E-state index in [9.17, 15) is 9.18 Å². The molecule has 0 bridgehead atoms. The van der Waals surface area contributed by atoms with Crippen LogP contribution in [0.15, 0.2) is 53.7 Å². The molecule has 4 aromatic rings. The fourth-order valence-electron chi connectivity index (χ4n) is 4.10. The number of nitrogens with one attached hydrogen (secondary N) is 1. The summed E-state index contributed by atoms with van der Waals surface area (Å²) in [4.78, 5) is 16.8. The Morgan fingerprint density at radius 3 is 2.66 bits per heavy atom. The topological polar surface area (TPSA) is 72.7 Å². The van der Waals surface area contributed by atoms with Crippen LogP contribution in [-0.2, 0) is 11.3 Å². The molecule has 1 N–H and O–H groups in total. The van der Waals surface area contributed by atoms with Crippen LogP contribution in [0.2, 0.25) is 0 Å². The highest BCUT2D eigenvalue weighted by Gasteiger charge is 2.15. The minimum atomic E-state index is -0.247. The summed E-state index contributed by atoms with van der Waals surface area (Å²) in [6.07, 6.45) is 6.96. The number of rotatable bonds is 13. The van der Waals surface area contributed by atoms with E-state index in [4.69, 9.17) is 4.98 Å². The summed E-state index contributed by atoms with van der Waals surface area (Å²) in [6, 6.07) is 14.6. The van der Waals surface area contributed by atoms with Crippen molar-refractivity contribution in [3.63, 3.8) is 0 Å². The molecule has 6 nitrogen and oxygen atoms in total. The fourth-order valence-corrected chi connectivity index (χ4v) is 4.88. The maximum absolute atomic E-state index is 13.4. The second-order valence-electron chi connectivity index (χ2n) is 8.71. The maximum Gasteiger partial charge on any atom is 0.219 e. The van der Waals surface area contributed by atoms with Gasteiger partial charge in [-0.3, -0.25) is 4.79 Å². The van der Waals surface area contributed by atoms with Crippen LogP contribution in [0.3, 0.4) is 0 Å². The highest BCUT2D eigenvalue weighted by molar-refractivity contribution is 7.99. The van der Waals surface area contributed by atoms with Crippen LogP contribution in [0.1, 0.15) is 57.4 Å². The summed E-state index contributed by atoms with van der Waals surface area (Å²) in [5, 5.41) is 13.5. The number of aromatic nitrogens is 4. The number of amides is 1. The standard InChI is InChI=1S/C27H32FN5OS/c1-2-3-4-8-17-29-24(34)12-7-9-18-35-27-30-26-25(31-32-27)22-10-5-6-11-23(22)33(26)19-20-13-15-21(28)16-14-20/h5-6,10-11,13-16H,2-4,7-9,12,17-19H2,1H3,(H,29,34). The van der Waals surface area contributed by atoms with Gasteiger partial charge in [0.25, 0.3) is 0 Å². The van der Waals surface area contributed by atoms with Gasteiger partial charge in [-0.2, -0.15) is 0 Å². The van der Waals surface area contributed by atoms with Crippen LogP contribution in [0.5, 0.6) is 0 Å². The lowest BCUT2D eigenvalue weighted by Crippen LogP contribution is -2.23. The number of para-hydroxylation sites is 1. The number of hydrogen-bond acceptors (Lipinski definition) is 5. The quantitative estimate of drug-likeness (QED) is 0.179. The zero-order chi connectivity index (χ0) is 24.5. The van der Waals surface area contributed by atoms with Crippen LogP contribution >= 0.6 is 11.8 Å². The second kappa shape index (κ2) is 12.6. The number of nitrogens with zero attached hydrogens (tertiary/aromatic N) is 4. The second-order valence-corrected chi connectivity index (χ2v) is 9.77. The summed E-state index contributed by atoms with van der Waals surface area (Å²) in [6.45, 7) is 3.53. The molecule has 1 amide bonds. The van der Waals surface area contributed by atoms with Crippen LogP contribution in [0.4, 0.5) is 4.39 Å². The lowest BCUT2D eigenvalue weighted by atomic mass is 10.2. The van der Waals surface area contributed by atoms with Crippen LogP contribution in [-0.4, -0.2) is 38.0 Å². The van der Waals surface area contributed by atoms with E-state index < -0.39 is 0 Å². The van der Waals surface area contributed by atoms with E-state index in [1.54, 1.807) is 23.9 Å². The van der Waals surface area contributed by atoms with Gasteiger partial charge in [-0.15, -0.1) is 10.2 Å². The minimum Gasteiger partial charge on any atom is -0.356 e. The van der Waals surface area contributed by atoms with Crippen molar-refractivity contribution in [2.75, 3.05) is 12.3 Å². The Hall–Kier alpha value is -3.00. The number of fused-ring (bicyclic) bond motifs is 3. The maximum atomic E-state index is 13.4. The minimum absolute atomic E-state index is 0.135. The van der Waals surface area contributed by atoms with Gasteiger partial charge in [0.2, 0.25) is 11.1 Å². The smallest absolute Gasteiger partial charge is 0.219 e. The Bertz CT molecular complexity index is 1260. The molecule has 2 heterocycles. The molecule has 0 radical (unpaired) electrons. The molecule has 0 fully saturated rings. The predicted octanol–water partition coefficient (Wildman–Crippen LogP) is 6.13. The molecule has 4 rings (SSSR count). The molecule has 2 aromatic heterocycles. The molecule has 0 saturated carbocycles. The zero-order valence-electron chi connectivity index (χ0n) is 20.2.